The van der Waals surface area contributed by atoms with Crippen molar-refractivity contribution in [3.63, 3.8) is 0 Å². The molecule has 0 saturated carbocycles. The molecule has 2 nitrogen and oxygen atoms in total. The second-order valence-corrected chi connectivity index (χ2v) is 5.40. The van der Waals surface area contributed by atoms with Gasteiger partial charge in [0, 0.05) is 12.6 Å². The number of ether oxygens (including phenoxy) is 1. The minimum Gasteiger partial charge on any atom is -0.489 e. The Bertz CT molecular complexity index is 549. The van der Waals surface area contributed by atoms with Gasteiger partial charge in [-0.25, -0.2) is 0 Å². The Morgan fingerprint density at radius 2 is 1.85 bits per heavy atom. The van der Waals surface area contributed by atoms with Crippen LogP contribution in [0.4, 0.5) is 0 Å². The normalized spacial score (nSPS) is 10.8. The zero-order chi connectivity index (χ0) is 14.4. The van der Waals surface area contributed by atoms with Gasteiger partial charge in [0.15, 0.2) is 0 Å². The molecule has 0 bridgehead atoms. The first kappa shape index (κ1) is 14.6. The molecule has 2 heteroatoms. The number of nitrogens with one attached hydrogen (secondary N) is 1. The Morgan fingerprint density at radius 1 is 1.05 bits per heavy atom. The lowest BCUT2D eigenvalue weighted by Gasteiger charge is -2.11. The predicted octanol–water partition coefficient (Wildman–Crippen LogP) is 4.07. The first-order valence-electron chi connectivity index (χ1n) is 7.15. The third kappa shape index (κ3) is 4.39. The fourth-order valence-electron chi connectivity index (χ4n) is 2.00. The molecule has 2 rings (SSSR count). The molecule has 0 atom stereocenters. The van der Waals surface area contributed by atoms with Crippen LogP contribution in [0.3, 0.4) is 0 Å². The highest BCUT2D eigenvalue weighted by molar-refractivity contribution is 5.30. The van der Waals surface area contributed by atoms with Gasteiger partial charge in [-0.2, -0.15) is 0 Å². The molecular weight excluding hydrogens is 246 g/mol. The van der Waals surface area contributed by atoms with Crippen LogP contribution < -0.4 is 10.1 Å². The third-order valence-electron chi connectivity index (χ3n) is 3.27. The summed E-state index contributed by atoms with van der Waals surface area (Å²) in [7, 11) is 0. The van der Waals surface area contributed by atoms with Gasteiger partial charge in [-0.15, -0.1) is 0 Å². The lowest BCUT2D eigenvalue weighted by atomic mass is 10.1. The third-order valence-corrected chi connectivity index (χ3v) is 3.27. The summed E-state index contributed by atoms with van der Waals surface area (Å²) in [5.74, 6) is 0.927. The smallest absolute Gasteiger partial charge is 0.120 e. The minimum absolute atomic E-state index is 0.492. The van der Waals surface area contributed by atoms with E-state index in [9.17, 15) is 0 Å². The molecule has 106 valence electrons. The fourth-order valence-corrected chi connectivity index (χ4v) is 2.00. The fraction of sp³-hybridized carbons (Fsp3) is 0.333. The lowest BCUT2D eigenvalue weighted by molar-refractivity contribution is 0.305. The molecule has 0 aliphatic heterocycles. The molecule has 0 aliphatic rings. The van der Waals surface area contributed by atoms with Crippen molar-refractivity contribution < 1.29 is 4.74 Å². The van der Waals surface area contributed by atoms with Crippen LogP contribution in [0.15, 0.2) is 48.5 Å². The summed E-state index contributed by atoms with van der Waals surface area (Å²) in [6.45, 7) is 7.91. The van der Waals surface area contributed by atoms with Gasteiger partial charge >= 0.3 is 0 Å². The maximum absolute atomic E-state index is 5.89. The van der Waals surface area contributed by atoms with Gasteiger partial charge in [0.05, 0.1) is 0 Å². The molecule has 20 heavy (non-hydrogen) atoms. The molecule has 0 radical (unpaired) electrons. The van der Waals surface area contributed by atoms with E-state index >= 15 is 0 Å². The quantitative estimate of drug-likeness (QED) is 0.853. The molecule has 1 N–H and O–H groups in total. The summed E-state index contributed by atoms with van der Waals surface area (Å²) in [5, 5.41) is 3.42. The van der Waals surface area contributed by atoms with Crippen LogP contribution >= 0.6 is 0 Å². The van der Waals surface area contributed by atoms with E-state index in [2.05, 4.69) is 62.5 Å². The highest BCUT2D eigenvalue weighted by Crippen LogP contribution is 2.16. The Kier molecular flexibility index (Phi) is 5.19. The van der Waals surface area contributed by atoms with E-state index in [0.717, 1.165) is 12.3 Å². The van der Waals surface area contributed by atoms with Gasteiger partial charge < -0.3 is 10.1 Å². The molecule has 2 aromatic rings. The van der Waals surface area contributed by atoms with E-state index in [1.807, 2.05) is 12.1 Å². The Balaban J connectivity index is 1.96. The number of rotatable bonds is 6. The van der Waals surface area contributed by atoms with Gasteiger partial charge in [0.25, 0.3) is 0 Å². The predicted molar refractivity (Wildman–Crippen MR) is 83.9 cm³/mol. The average molecular weight is 269 g/mol. The largest absolute Gasteiger partial charge is 0.489 e. The highest BCUT2D eigenvalue weighted by atomic mass is 16.5. The first-order chi connectivity index (χ1) is 9.65. The van der Waals surface area contributed by atoms with Crippen molar-refractivity contribution in [3.8, 4) is 5.75 Å². The van der Waals surface area contributed by atoms with E-state index < -0.39 is 0 Å². The van der Waals surface area contributed by atoms with Gasteiger partial charge in [-0.1, -0.05) is 50.2 Å². The topological polar surface area (TPSA) is 21.3 Å². The molecule has 0 saturated heterocycles. The second-order valence-electron chi connectivity index (χ2n) is 5.40. The van der Waals surface area contributed by atoms with E-state index in [1.165, 1.54) is 16.7 Å². The lowest BCUT2D eigenvalue weighted by Crippen LogP contribution is -2.21. The van der Waals surface area contributed by atoms with Gasteiger partial charge in [-0.3, -0.25) is 0 Å². The maximum atomic E-state index is 5.89. The molecule has 0 unspecified atom stereocenters. The van der Waals surface area contributed by atoms with Crippen molar-refractivity contribution in [2.24, 2.45) is 0 Å². The molecule has 0 fully saturated rings. The van der Waals surface area contributed by atoms with E-state index in [4.69, 9.17) is 4.74 Å². The molecule has 0 heterocycles. The summed E-state index contributed by atoms with van der Waals surface area (Å²) < 4.78 is 5.89. The summed E-state index contributed by atoms with van der Waals surface area (Å²) in [6.07, 6.45) is 0. The van der Waals surface area contributed by atoms with Crippen LogP contribution in [-0.2, 0) is 13.2 Å². The zero-order valence-corrected chi connectivity index (χ0v) is 12.5. The van der Waals surface area contributed by atoms with Crippen LogP contribution in [0.25, 0.3) is 0 Å². The summed E-state index contributed by atoms with van der Waals surface area (Å²) in [4.78, 5) is 0. The molecule has 0 aromatic heterocycles. The molecule has 0 spiro atoms. The summed E-state index contributed by atoms with van der Waals surface area (Å²) >= 11 is 0. The zero-order valence-electron chi connectivity index (χ0n) is 12.5. The number of hydrogen-bond acceptors (Lipinski definition) is 2. The monoisotopic (exact) mass is 269 g/mol. The molecule has 0 aliphatic carbocycles. The number of hydrogen-bond donors (Lipinski definition) is 1. The van der Waals surface area contributed by atoms with Crippen LogP contribution in [0.1, 0.15) is 30.5 Å². The highest BCUT2D eigenvalue weighted by Gasteiger charge is 2.01. The SMILES string of the molecule is Cc1ccccc1COc1cccc(CNC(C)C)c1. The van der Waals surface area contributed by atoms with Crippen molar-refractivity contribution in [2.45, 2.75) is 40.0 Å². The second kappa shape index (κ2) is 7.11. The van der Waals surface area contributed by atoms with Crippen LogP contribution in [0, 0.1) is 6.92 Å². The Hall–Kier alpha value is -1.80. The number of benzene rings is 2. The van der Waals surface area contributed by atoms with Gasteiger partial charge in [0.2, 0.25) is 0 Å². The minimum atomic E-state index is 0.492. The number of aryl methyl sites for hydroxylation is 1. The van der Waals surface area contributed by atoms with Crippen LogP contribution in [0.2, 0.25) is 0 Å². The molecule has 2 aromatic carbocycles. The van der Waals surface area contributed by atoms with Crippen molar-refractivity contribution in [1.29, 1.82) is 0 Å². The maximum Gasteiger partial charge on any atom is 0.120 e. The van der Waals surface area contributed by atoms with E-state index in [-0.39, 0.29) is 0 Å². The van der Waals surface area contributed by atoms with Crippen molar-refractivity contribution in [3.05, 3.63) is 65.2 Å². The Morgan fingerprint density at radius 3 is 2.60 bits per heavy atom. The standard InChI is InChI=1S/C18H23NO/c1-14(2)19-12-16-8-6-10-18(11-16)20-13-17-9-5-4-7-15(17)3/h4-11,14,19H,12-13H2,1-3H3. The Labute approximate surface area is 121 Å². The van der Waals surface area contributed by atoms with Crippen molar-refractivity contribution in [2.75, 3.05) is 0 Å². The summed E-state index contributed by atoms with van der Waals surface area (Å²) in [5.41, 5.74) is 3.75. The van der Waals surface area contributed by atoms with Crippen molar-refractivity contribution in [1.82, 2.24) is 5.32 Å². The van der Waals surface area contributed by atoms with Crippen molar-refractivity contribution >= 4 is 0 Å². The van der Waals surface area contributed by atoms with E-state index in [0.29, 0.717) is 12.6 Å². The van der Waals surface area contributed by atoms with E-state index in [1.54, 1.807) is 0 Å². The molecule has 0 amide bonds. The average Bonchev–Trinajstić information content (AvgIpc) is 2.45. The molecular formula is C18H23NO. The first-order valence-corrected chi connectivity index (χ1v) is 7.15. The van der Waals surface area contributed by atoms with Crippen LogP contribution in [0.5, 0.6) is 5.75 Å². The van der Waals surface area contributed by atoms with Crippen LogP contribution in [-0.4, -0.2) is 6.04 Å². The van der Waals surface area contributed by atoms with Gasteiger partial charge in [-0.05, 0) is 35.7 Å². The van der Waals surface area contributed by atoms with Gasteiger partial charge in [0.1, 0.15) is 12.4 Å². The summed E-state index contributed by atoms with van der Waals surface area (Å²) in [6, 6.07) is 17.1.